The van der Waals surface area contributed by atoms with Gasteiger partial charge in [0.1, 0.15) is 10.8 Å². The van der Waals surface area contributed by atoms with Crippen LogP contribution >= 0.6 is 11.3 Å². The van der Waals surface area contributed by atoms with Crippen LogP contribution in [0.15, 0.2) is 29.8 Å². The van der Waals surface area contributed by atoms with Crippen molar-refractivity contribution in [1.29, 1.82) is 0 Å². The van der Waals surface area contributed by atoms with Gasteiger partial charge in [-0.3, -0.25) is 0 Å². The molecule has 1 heterocycles. The number of benzene rings is 1. The van der Waals surface area contributed by atoms with Gasteiger partial charge >= 0.3 is 5.97 Å². The summed E-state index contributed by atoms with van der Waals surface area (Å²) in [6.45, 7) is 5.49. The lowest BCUT2D eigenvalue weighted by molar-refractivity contribution is -0.148. The standard InChI is InChI=1S/C15H17FN2O2S/c1-4-20-14(19)15(3,13-17-5-6-21-13)18-12-8-10(2)7-11(16)9-12/h5-9,18H,4H2,1-3H3. The lowest BCUT2D eigenvalue weighted by atomic mass is 10.0. The number of hydrogen-bond acceptors (Lipinski definition) is 5. The summed E-state index contributed by atoms with van der Waals surface area (Å²) in [7, 11) is 0. The maximum Gasteiger partial charge on any atom is 0.338 e. The minimum Gasteiger partial charge on any atom is -0.464 e. The Morgan fingerprint density at radius 2 is 2.24 bits per heavy atom. The van der Waals surface area contributed by atoms with E-state index in [4.69, 9.17) is 4.74 Å². The third-order valence-electron chi connectivity index (χ3n) is 2.98. The van der Waals surface area contributed by atoms with E-state index in [1.54, 1.807) is 38.4 Å². The van der Waals surface area contributed by atoms with Crippen molar-refractivity contribution >= 4 is 23.0 Å². The van der Waals surface area contributed by atoms with Crippen molar-refractivity contribution in [3.8, 4) is 0 Å². The number of ether oxygens (including phenoxy) is 1. The molecule has 112 valence electrons. The smallest absolute Gasteiger partial charge is 0.338 e. The lowest BCUT2D eigenvalue weighted by Crippen LogP contribution is -2.42. The average molecular weight is 308 g/mol. The van der Waals surface area contributed by atoms with Gasteiger partial charge in [-0.25, -0.2) is 14.2 Å². The van der Waals surface area contributed by atoms with Crippen LogP contribution < -0.4 is 5.32 Å². The Balaban J connectivity index is 2.38. The molecule has 0 amide bonds. The fourth-order valence-electron chi connectivity index (χ4n) is 2.03. The molecule has 2 aromatic rings. The van der Waals surface area contributed by atoms with E-state index in [0.29, 0.717) is 10.7 Å². The number of thiazole rings is 1. The summed E-state index contributed by atoms with van der Waals surface area (Å²) in [4.78, 5) is 16.5. The second kappa shape index (κ2) is 6.22. The first kappa shape index (κ1) is 15.4. The Bertz CT molecular complexity index is 610. The zero-order valence-electron chi connectivity index (χ0n) is 12.1. The van der Waals surface area contributed by atoms with Gasteiger partial charge in [-0.2, -0.15) is 0 Å². The monoisotopic (exact) mass is 308 g/mol. The van der Waals surface area contributed by atoms with Crippen molar-refractivity contribution in [2.45, 2.75) is 26.3 Å². The number of nitrogens with zero attached hydrogens (tertiary/aromatic N) is 1. The van der Waals surface area contributed by atoms with Crippen LogP contribution in [0, 0.1) is 12.7 Å². The fourth-order valence-corrected chi connectivity index (χ4v) is 2.78. The number of hydrogen-bond donors (Lipinski definition) is 1. The third-order valence-corrected chi connectivity index (χ3v) is 3.97. The lowest BCUT2D eigenvalue weighted by Gasteiger charge is -2.27. The summed E-state index contributed by atoms with van der Waals surface area (Å²) in [5, 5.41) is 5.41. The van der Waals surface area contributed by atoms with Crippen molar-refractivity contribution in [2.24, 2.45) is 0 Å². The number of nitrogens with one attached hydrogen (secondary N) is 1. The number of carbonyl (C=O) groups excluding carboxylic acids is 1. The van der Waals surface area contributed by atoms with Gasteiger partial charge in [0.25, 0.3) is 0 Å². The highest BCUT2D eigenvalue weighted by Gasteiger charge is 2.39. The van der Waals surface area contributed by atoms with Crippen molar-refractivity contribution < 1.29 is 13.9 Å². The Morgan fingerprint density at radius 3 is 2.81 bits per heavy atom. The van der Waals surface area contributed by atoms with Gasteiger partial charge in [-0.05, 0) is 44.5 Å². The van der Waals surface area contributed by atoms with E-state index in [9.17, 15) is 9.18 Å². The van der Waals surface area contributed by atoms with Gasteiger partial charge in [0, 0.05) is 17.3 Å². The van der Waals surface area contributed by atoms with Crippen molar-refractivity contribution in [3.63, 3.8) is 0 Å². The molecule has 1 aromatic heterocycles. The largest absolute Gasteiger partial charge is 0.464 e. The van der Waals surface area contributed by atoms with E-state index in [1.165, 1.54) is 23.5 Å². The second-order valence-electron chi connectivity index (χ2n) is 4.82. The minimum atomic E-state index is -1.15. The van der Waals surface area contributed by atoms with Crippen molar-refractivity contribution in [3.05, 3.63) is 46.2 Å². The highest BCUT2D eigenvalue weighted by molar-refractivity contribution is 7.09. The van der Waals surface area contributed by atoms with Crippen molar-refractivity contribution in [2.75, 3.05) is 11.9 Å². The highest BCUT2D eigenvalue weighted by Crippen LogP contribution is 2.30. The molecule has 1 N–H and O–H groups in total. The molecule has 0 spiro atoms. The first-order chi connectivity index (χ1) is 9.95. The van der Waals surface area contributed by atoms with E-state index >= 15 is 0 Å². The van der Waals surface area contributed by atoms with Gasteiger partial charge in [-0.15, -0.1) is 11.3 Å². The number of rotatable bonds is 5. The summed E-state index contributed by atoms with van der Waals surface area (Å²) in [6, 6.07) is 4.54. The molecule has 2 rings (SSSR count). The van der Waals surface area contributed by atoms with Crippen LogP contribution in [-0.2, 0) is 15.1 Å². The number of aryl methyl sites for hydroxylation is 1. The maximum atomic E-state index is 13.5. The summed E-state index contributed by atoms with van der Waals surface area (Å²) >= 11 is 1.34. The Labute approximate surface area is 127 Å². The van der Waals surface area contributed by atoms with Crippen LogP contribution in [-0.4, -0.2) is 17.6 Å². The summed E-state index contributed by atoms with van der Waals surface area (Å²) in [5.41, 5.74) is 0.130. The molecule has 1 atom stereocenters. The first-order valence-corrected chi connectivity index (χ1v) is 7.46. The first-order valence-electron chi connectivity index (χ1n) is 6.58. The summed E-state index contributed by atoms with van der Waals surface area (Å²) in [5.74, 6) is -0.801. The predicted molar refractivity (Wildman–Crippen MR) is 80.9 cm³/mol. The normalized spacial score (nSPS) is 13.5. The van der Waals surface area contributed by atoms with E-state index in [-0.39, 0.29) is 12.4 Å². The number of aromatic nitrogens is 1. The van der Waals surface area contributed by atoms with Crippen LogP contribution in [0.4, 0.5) is 10.1 Å². The molecule has 0 radical (unpaired) electrons. The van der Waals surface area contributed by atoms with E-state index < -0.39 is 11.5 Å². The number of anilines is 1. The maximum absolute atomic E-state index is 13.5. The van der Waals surface area contributed by atoms with E-state index in [0.717, 1.165) is 5.56 Å². The van der Waals surface area contributed by atoms with E-state index in [2.05, 4.69) is 10.3 Å². The van der Waals surface area contributed by atoms with Gasteiger partial charge in [0.15, 0.2) is 5.54 Å². The summed E-state index contributed by atoms with van der Waals surface area (Å²) in [6.07, 6.45) is 1.62. The molecule has 0 aliphatic carbocycles. The second-order valence-corrected chi connectivity index (χ2v) is 5.72. The van der Waals surface area contributed by atoms with Gasteiger partial charge < -0.3 is 10.1 Å². The summed E-state index contributed by atoms with van der Waals surface area (Å²) < 4.78 is 18.7. The molecule has 4 nitrogen and oxygen atoms in total. The molecule has 6 heteroatoms. The fraction of sp³-hybridized carbons (Fsp3) is 0.333. The molecular formula is C15H17FN2O2S. The van der Waals surface area contributed by atoms with Gasteiger partial charge in [0.2, 0.25) is 0 Å². The van der Waals surface area contributed by atoms with Gasteiger partial charge in [-0.1, -0.05) is 0 Å². The Hall–Kier alpha value is -1.95. The molecule has 0 aliphatic heterocycles. The predicted octanol–water partition coefficient (Wildman–Crippen LogP) is 3.48. The van der Waals surface area contributed by atoms with Crippen LogP contribution in [0.3, 0.4) is 0 Å². The van der Waals surface area contributed by atoms with Gasteiger partial charge in [0.05, 0.1) is 6.61 Å². The zero-order valence-corrected chi connectivity index (χ0v) is 13.0. The molecule has 0 saturated carbocycles. The van der Waals surface area contributed by atoms with Crippen LogP contribution in [0.1, 0.15) is 24.4 Å². The Kier molecular flexibility index (Phi) is 4.57. The average Bonchev–Trinajstić information content (AvgIpc) is 2.91. The molecular weight excluding hydrogens is 291 g/mol. The number of esters is 1. The number of halogens is 1. The third kappa shape index (κ3) is 3.39. The van der Waals surface area contributed by atoms with E-state index in [1.807, 2.05) is 0 Å². The molecule has 0 fully saturated rings. The van der Waals surface area contributed by atoms with Crippen molar-refractivity contribution in [1.82, 2.24) is 4.98 Å². The van der Waals surface area contributed by atoms with Crippen LogP contribution in [0.25, 0.3) is 0 Å². The number of carbonyl (C=O) groups is 1. The topological polar surface area (TPSA) is 51.2 Å². The highest BCUT2D eigenvalue weighted by atomic mass is 32.1. The zero-order chi connectivity index (χ0) is 15.5. The minimum absolute atomic E-state index is 0.268. The Morgan fingerprint density at radius 1 is 1.48 bits per heavy atom. The molecule has 0 saturated heterocycles. The SMILES string of the molecule is CCOC(=O)C(C)(Nc1cc(C)cc(F)c1)c1nccs1. The quantitative estimate of drug-likeness (QED) is 0.859. The van der Waals surface area contributed by atoms with Crippen LogP contribution in [0.5, 0.6) is 0 Å². The molecule has 1 aromatic carbocycles. The van der Waals surface area contributed by atoms with Crippen LogP contribution in [0.2, 0.25) is 0 Å². The molecule has 0 bridgehead atoms. The molecule has 21 heavy (non-hydrogen) atoms. The molecule has 1 unspecified atom stereocenters. The molecule has 0 aliphatic rings.